The van der Waals surface area contributed by atoms with Crippen molar-refractivity contribution in [3.05, 3.63) is 69.6 Å². The van der Waals surface area contributed by atoms with Gasteiger partial charge in [0.25, 0.3) is 5.91 Å². The number of aromatic nitrogens is 1. The minimum atomic E-state index is -0.142. The lowest BCUT2D eigenvalue weighted by Crippen LogP contribution is -2.42. The van der Waals surface area contributed by atoms with Gasteiger partial charge >= 0.3 is 0 Å². The molecule has 2 aliphatic rings. The second-order valence-electron chi connectivity index (χ2n) is 11.3. The van der Waals surface area contributed by atoms with Crippen LogP contribution in [0.4, 0.5) is 0 Å². The molecular formula is C34H51N5O2. The molecule has 41 heavy (non-hydrogen) atoms. The number of nitrogens with one attached hydrogen (secondary N) is 3. The Kier molecular flexibility index (Phi) is 11.4. The summed E-state index contributed by atoms with van der Waals surface area (Å²) < 4.78 is 2.28. The minimum absolute atomic E-state index is 0.0853. The van der Waals surface area contributed by atoms with Crippen molar-refractivity contribution in [1.29, 1.82) is 0 Å². The fourth-order valence-electron chi connectivity index (χ4n) is 5.93. The lowest BCUT2D eigenvalue weighted by molar-refractivity contribution is -0.118. The van der Waals surface area contributed by atoms with Crippen LogP contribution in [-0.4, -0.2) is 60.0 Å². The normalized spacial score (nSPS) is 18.2. The molecule has 224 valence electrons. The van der Waals surface area contributed by atoms with Gasteiger partial charge in [-0.15, -0.1) is 0 Å². The maximum Gasteiger partial charge on any atom is 0.252 e. The maximum absolute atomic E-state index is 13.7. The zero-order chi connectivity index (χ0) is 30.3. The Morgan fingerprint density at radius 1 is 1.17 bits per heavy atom. The van der Waals surface area contributed by atoms with Crippen LogP contribution in [0.25, 0.3) is 10.9 Å². The molecule has 1 aromatic heterocycles. The number of rotatable bonds is 8. The van der Waals surface area contributed by atoms with Gasteiger partial charge in [-0.1, -0.05) is 31.6 Å². The zero-order valence-electron chi connectivity index (χ0n) is 26.7. The molecule has 1 aromatic carbocycles. The van der Waals surface area contributed by atoms with Gasteiger partial charge in [0.05, 0.1) is 5.52 Å². The first kappa shape index (κ1) is 32.2. The molecule has 1 unspecified atom stereocenters. The van der Waals surface area contributed by atoms with Crippen LogP contribution < -0.4 is 16.0 Å². The molecule has 4 rings (SSSR count). The molecule has 1 fully saturated rings. The Labute approximate surface area is 247 Å². The molecule has 1 atom stereocenters. The monoisotopic (exact) mass is 561 g/mol. The highest BCUT2D eigenvalue weighted by atomic mass is 16.2. The minimum Gasteiger partial charge on any atom is -0.369 e. The van der Waals surface area contributed by atoms with Gasteiger partial charge in [0.1, 0.15) is 0 Å². The third-order valence-corrected chi connectivity index (χ3v) is 8.06. The Balaban J connectivity index is 0.00000226. The molecule has 2 aliphatic heterocycles. The fraction of sp³-hybridized carbons (Fsp3) is 0.529. The van der Waals surface area contributed by atoms with Crippen molar-refractivity contribution in [2.45, 2.75) is 87.2 Å². The number of carbonyl (C=O) groups excluding carboxylic acids is 2. The standard InChI is InChI=1S/C32H45N5O2.C2H6/c1-8-26(36-14-12-33-13-15-36)11-9-10-25-17-27(29-22(5)19-37(20(2)3)30(29)24(25)7)31(38)34-18-28-21(4)16-23(6)35-32(28)39;1-2/h8-9,11,17,19-20,23,33H,10,12-16,18H2,1-7H3,(H,34,38)(H,35,39);1-2H3/b11-9-,26-8+;. The Morgan fingerprint density at radius 2 is 1.85 bits per heavy atom. The van der Waals surface area contributed by atoms with Crippen LogP contribution in [0.1, 0.15) is 88.0 Å². The van der Waals surface area contributed by atoms with Crippen molar-refractivity contribution in [2.24, 2.45) is 0 Å². The van der Waals surface area contributed by atoms with Crippen LogP contribution in [0.3, 0.4) is 0 Å². The van der Waals surface area contributed by atoms with Gasteiger partial charge < -0.3 is 25.4 Å². The molecule has 0 bridgehead atoms. The summed E-state index contributed by atoms with van der Waals surface area (Å²) in [5.41, 5.74) is 8.16. The van der Waals surface area contributed by atoms with E-state index in [1.165, 1.54) is 11.3 Å². The van der Waals surface area contributed by atoms with E-state index >= 15 is 0 Å². The van der Waals surface area contributed by atoms with Crippen molar-refractivity contribution in [3.63, 3.8) is 0 Å². The van der Waals surface area contributed by atoms with Crippen molar-refractivity contribution in [1.82, 2.24) is 25.4 Å². The van der Waals surface area contributed by atoms with Crippen LogP contribution in [0, 0.1) is 13.8 Å². The number of hydrogen-bond donors (Lipinski definition) is 3. The molecule has 7 heteroatoms. The van der Waals surface area contributed by atoms with E-state index in [-0.39, 0.29) is 30.4 Å². The lowest BCUT2D eigenvalue weighted by Gasteiger charge is -2.30. The average molecular weight is 562 g/mol. The molecule has 2 amide bonds. The van der Waals surface area contributed by atoms with Gasteiger partial charge in [0.2, 0.25) is 5.91 Å². The van der Waals surface area contributed by atoms with Crippen molar-refractivity contribution >= 4 is 22.7 Å². The van der Waals surface area contributed by atoms with E-state index in [0.717, 1.165) is 66.6 Å². The average Bonchev–Trinajstić information content (AvgIpc) is 3.31. The first-order valence-electron chi connectivity index (χ1n) is 15.3. The third kappa shape index (κ3) is 7.31. The summed E-state index contributed by atoms with van der Waals surface area (Å²) in [6.45, 7) is 22.9. The van der Waals surface area contributed by atoms with E-state index in [1.807, 2.05) is 27.7 Å². The Morgan fingerprint density at radius 3 is 2.46 bits per heavy atom. The molecule has 3 N–H and O–H groups in total. The number of carbonyl (C=O) groups is 2. The summed E-state index contributed by atoms with van der Waals surface area (Å²) in [7, 11) is 0. The lowest BCUT2D eigenvalue weighted by atomic mass is 9.95. The first-order valence-corrected chi connectivity index (χ1v) is 15.3. The molecule has 3 heterocycles. The van der Waals surface area contributed by atoms with Gasteiger partial charge in [-0.2, -0.15) is 0 Å². The molecular weight excluding hydrogens is 510 g/mol. The predicted molar refractivity (Wildman–Crippen MR) is 171 cm³/mol. The number of fused-ring (bicyclic) bond motifs is 1. The van der Waals surface area contributed by atoms with Gasteiger partial charge in [-0.3, -0.25) is 9.59 Å². The highest BCUT2D eigenvalue weighted by Crippen LogP contribution is 2.33. The Bertz CT molecular complexity index is 1340. The molecule has 0 spiro atoms. The number of piperazine rings is 1. The van der Waals surface area contributed by atoms with Crippen molar-refractivity contribution in [2.75, 3.05) is 32.7 Å². The fourth-order valence-corrected chi connectivity index (χ4v) is 5.93. The molecule has 0 radical (unpaired) electrons. The third-order valence-electron chi connectivity index (χ3n) is 8.06. The van der Waals surface area contributed by atoms with Crippen molar-refractivity contribution < 1.29 is 9.59 Å². The van der Waals surface area contributed by atoms with Crippen LogP contribution in [0.15, 0.2) is 47.3 Å². The summed E-state index contributed by atoms with van der Waals surface area (Å²) in [5.74, 6) is -0.227. The van der Waals surface area contributed by atoms with E-state index in [2.05, 4.69) is 90.5 Å². The predicted octanol–water partition coefficient (Wildman–Crippen LogP) is 5.73. The zero-order valence-corrected chi connectivity index (χ0v) is 26.7. The van der Waals surface area contributed by atoms with E-state index in [9.17, 15) is 9.59 Å². The second-order valence-corrected chi connectivity index (χ2v) is 11.3. The number of benzene rings is 1. The summed E-state index contributed by atoms with van der Waals surface area (Å²) in [6, 6.07) is 2.45. The molecule has 2 aromatic rings. The van der Waals surface area contributed by atoms with E-state index in [4.69, 9.17) is 0 Å². The highest BCUT2D eigenvalue weighted by Gasteiger charge is 2.24. The van der Waals surface area contributed by atoms with Crippen LogP contribution in [0.2, 0.25) is 0 Å². The topological polar surface area (TPSA) is 78.4 Å². The van der Waals surface area contributed by atoms with Gasteiger partial charge in [-0.05, 0) is 90.1 Å². The SMILES string of the molecule is C/C=C(\C=C/Cc1cc(C(=O)NCC2=C(C)CC(C)NC2=O)c2c(C)cn(C(C)C)c2c1C)N1CCNCC1.CC. The van der Waals surface area contributed by atoms with Gasteiger partial charge in [-0.25, -0.2) is 0 Å². The van der Waals surface area contributed by atoms with E-state index in [1.54, 1.807) is 0 Å². The molecule has 7 nitrogen and oxygen atoms in total. The highest BCUT2D eigenvalue weighted by molar-refractivity contribution is 6.09. The quantitative estimate of drug-likeness (QED) is 0.360. The van der Waals surface area contributed by atoms with E-state index in [0.29, 0.717) is 11.1 Å². The van der Waals surface area contributed by atoms with Gasteiger partial charge in [0.15, 0.2) is 0 Å². The van der Waals surface area contributed by atoms with Crippen molar-refractivity contribution in [3.8, 4) is 0 Å². The number of allylic oxidation sites excluding steroid dienone is 3. The van der Waals surface area contributed by atoms with Crippen LogP contribution >= 0.6 is 0 Å². The number of nitrogens with zero attached hydrogens (tertiary/aromatic N) is 2. The number of hydrogen-bond acceptors (Lipinski definition) is 4. The van der Waals surface area contributed by atoms with Gasteiger partial charge in [0, 0.05) is 73.2 Å². The smallest absolute Gasteiger partial charge is 0.252 e. The molecule has 0 aliphatic carbocycles. The largest absolute Gasteiger partial charge is 0.369 e. The maximum atomic E-state index is 13.7. The van der Waals surface area contributed by atoms with Crippen LogP contribution in [-0.2, 0) is 11.2 Å². The van der Waals surface area contributed by atoms with Crippen LogP contribution in [0.5, 0.6) is 0 Å². The second kappa shape index (κ2) is 14.5. The number of aryl methyl sites for hydroxylation is 2. The van der Waals surface area contributed by atoms with E-state index < -0.39 is 0 Å². The molecule has 1 saturated heterocycles. The molecule has 0 saturated carbocycles. The first-order chi connectivity index (χ1) is 19.6. The summed E-state index contributed by atoms with van der Waals surface area (Å²) in [5, 5.41) is 10.5. The number of amides is 2. The summed E-state index contributed by atoms with van der Waals surface area (Å²) in [4.78, 5) is 28.7. The Hall–Kier alpha value is -3.32. The summed E-state index contributed by atoms with van der Waals surface area (Å²) >= 11 is 0. The summed E-state index contributed by atoms with van der Waals surface area (Å²) in [6.07, 6.45) is 10.3.